The van der Waals surface area contributed by atoms with Gasteiger partial charge in [-0.3, -0.25) is 4.79 Å². The summed E-state index contributed by atoms with van der Waals surface area (Å²) in [5.41, 5.74) is 10.6. The number of carbonyl (C=O) groups excluding carboxylic acids is 1. The third kappa shape index (κ3) is 8.81. The molecule has 0 fully saturated rings. The van der Waals surface area contributed by atoms with Crippen molar-refractivity contribution in [3.63, 3.8) is 0 Å². The number of primary sulfonamides is 2. The first kappa shape index (κ1) is 36.1. The molecule has 0 saturated carbocycles. The van der Waals surface area contributed by atoms with Crippen LogP contribution in [0.15, 0.2) is 67.2 Å². The minimum absolute atomic E-state index is 0.0279. The number of nitrogens with two attached hydrogens (primary N) is 3. The molecule has 17 heteroatoms. The summed E-state index contributed by atoms with van der Waals surface area (Å²) in [4.78, 5) is 22.2. The van der Waals surface area contributed by atoms with Gasteiger partial charge in [0.2, 0.25) is 25.8 Å². The van der Waals surface area contributed by atoms with Crippen molar-refractivity contribution in [1.29, 1.82) is 0 Å². The molecule has 2 heterocycles. The van der Waals surface area contributed by atoms with Gasteiger partial charge in [0.25, 0.3) is 5.91 Å². The fraction of sp³-hybridized carbons (Fsp3) is 0.267. The zero-order chi connectivity index (χ0) is 34.8. The van der Waals surface area contributed by atoms with Crippen molar-refractivity contribution in [2.75, 3.05) is 0 Å². The van der Waals surface area contributed by atoms with Crippen LogP contribution in [0.4, 0.5) is 0 Å². The van der Waals surface area contributed by atoms with Crippen LogP contribution in [0.2, 0.25) is 10.0 Å². The predicted octanol–water partition coefficient (Wildman–Crippen LogP) is 4.53. The SMILES string of the molecule is Cc1oc(C(=O)N[C@@H]2CCc3cc(Cl)ccc32)cc1S(N)(=O)=O.Cc1oc(C(=O)O)cc1S(N)(=O)=O.N[C@@H]1CCc2cc(Cl)ccc21. The molecule has 0 bridgehead atoms. The molecule has 13 nitrogen and oxygen atoms in total. The van der Waals surface area contributed by atoms with Gasteiger partial charge in [0.05, 0.1) is 6.04 Å². The van der Waals surface area contributed by atoms with Gasteiger partial charge in [-0.05, 0) is 86.1 Å². The van der Waals surface area contributed by atoms with Crippen LogP contribution in [-0.4, -0.2) is 33.8 Å². The molecule has 47 heavy (non-hydrogen) atoms. The van der Waals surface area contributed by atoms with E-state index in [9.17, 15) is 26.4 Å². The van der Waals surface area contributed by atoms with Gasteiger partial charge in [0.15, 0.2) is 5.76 Å². The van der Waals surface area contributed by atoms with E-state index in [0.717, 1.165) is 54.0 Å². The summed E-state index contributed by atoms with van der Waals surface area (Å²) in [5.74, 6) is -2.26. The Bertz CT molecular complexity index is 2060. The minimum Gasteiger partial charge on any atom is -0.475 e. The van der Waals surface area contributed by atoms with Gasteiger partial charge in [-0.1, -0.05) is 35.3 Å². The van der Waals surface area contributed by atoms with Crippen molar-refractivity contribution in [2.45, 2.75) is 61.4 Å². The van der Waals surface area contributed by atoms with Crippen molar-refractivity contribution >= 4 is 55.1 Å². The summed E-state index contributed by atoms with van der Waals surface area (Å²) in [6, 6.07) is 13.6. The van der Waals surface area contributed by atoms with E-state index in [0.29, 0.717) is 5.02 Å². The normalized spacial score (nSPS) is 16.7. The van der Waals surface area contributed by atoms with Crippen molar-refractivity contribution in [2.24, 2.45) is 16.0 Å². The molecular formula is C30H32Cl2N4O9S2. The maximum atomic E-state index is 12.3. The zero-order valence-electron chi connectivity index (χ0n) is 25.1. The van der Waals surface area contributed by atoms with Gasteiger partial charge in [-0.15, -0.1) is 0 Å². The fourth-order valence-electron chi connectivity index (χ4n) is 5.30. The van der Waals surface area contributed by atoms with E-state index in [4.69, 9.17) is 48.7 Å². The monoisotopic (exact) mass is 726 g/mol. The molecule has 2 aromatic heterocycles. The summed E-state index contributed by atoms with van der Waals surface area (Å²) >= 11 is 11.8. The number of benzene rings is 2. The molecule has 1 amide bonds. The molecule has 0 spiro atoms. The second-order valence-corrected chi connectivity index (χ2v) is 14.8. The zero-order valence-corrected chi connectivity index (χ0v) is 28.3. The number of carbonyl (C=O) groups is 2. The highest BCUT2D eigenvalue weighted by Gasteiger charge is 2.27. The second kappa shape index (κ2) is 14.2. The lowest BCUT2D eigenvalue weighted by molar-refractivity contribution is 0.0660. The van der Waals surface area contributed by atoms with Crippen molar-refractivity contribution in [1.82, 2.24) is 5.32 Å². The van der Waals surface area contributed by atoms with E-state index in [1.165, 1.54) is 25.0 Å². The largest absolute Gasteiger partial charge is 0.475 e. The molecule has 6 rings (SSSR count). The Morgan fingerprint density at radius 2 is 1.26 bits per heavy atom. The molecule has 8 N–H and O–H groups in total. The van der Waals surface area contributed by atoms with Gasteiger partial charge < -0.3 is 25.0 Å². The second-order valence-electron chi connectivity index (χ2n) is 10.9. The van der Waals surface area contributed by atoms with Gasteiger partial charge >= 0.3 is 5.97 Å². The van der Waals surface area contributed by atoms with Crippen LogP contribution in [0.5, 0.6) is 0 Å². The smallest absolute Gasteiger partial charge is 0.371 e. The number of hydrogen-bond donors (Lipinski definition) is 5. The predicted molar refractivity (Wildman–Crippen MR) is 173 cm³/mol. The molecule has 0 aliphatic heterocycles. The standard InChI is InChI=1S/C15H15ClN2O4S.C9H10ClN.C6H7NO5S/c1-8-14(23(17,20)21)7-13(22-8)15(19)18-12-5-2-9-6-10(16)3-4-11(9)12;10-7-2-3-8-6(5-7)1-4-9(8)11;1-3-5(13(7,10)11)2-4(12-3)6(8)9/h3-4,6-7,12H,2,5H2,1H3,(H,18,19)(H2,17,20,21);2-3,5,9H,1,4,11H2;2H,1H3,(H,8,9)(H2,7,10,11)/t12-;9-;/m11./s1. The van der Waals surface area contributed by atoms with Gasteiger partial charge in [-0.25, -0.2) is 31.9 Å². The Kier molecular flexibility index (Phi) is 10.9. The molecule has 0 radical (unpaired) electrons. The Morgan fingerprint density at radius 3 is 1.74 bits per heavy atom. The van der Waals surface area contributed by atoms with Crippen LogP contribution in [0, 0.1) is 13.8 Å². The number of furan rings is 2. The number of hydrogen-bond acceptors (Lipinski definition) is 9. The third-order valence-electron chi connectivity index (χ3n) is 7.51. The third-order valence-corrected chi connectivity index (χ3v) is 10.0. The number of nitrogens with one attached hydrogen (secondary N) is 1. The minimum atomic E-state index is -3.92. The highest BCUT2D eigenvalue weighted by molar-refractivity contribution is 7.89. The van der Waals surface area contributed by atoms with Gasteiger partial charge in [0, 0.05) is 28.2 Å². The summed E-state index contributed by atoms with van der Waals surface area (Å²) in [6.07, 6.45) is 3.72. The molecule has 2 aromatic carbocycles. The maximum Gasteiger partial charge on any atom is 0.371 e. The van der Waals surface area contributed by atoms with Crippen LogP contribution in [0.1, 0.15) is 79.8 Å². The summed E-state index contributed by atoms with van der Waals surface area (Å²) in [7, 11) is -7.82. The topological polar surface area (TPSA) is 239 Å². The first-order valence-electron chi connectivity index (χ1n) is 14.0. The van der Waals surface area contributed by atoms with Gasteiger partial charge in [-0.2, -0.15) is 0 Å². The van der Waals surface area contributed by atoms with E-state index in [1.54, 1.807) is 6.07 Å². The molecular weight excluding hydrogens is 695 g/mol. The van der Waals surface area contributed by atoms with Crippen molar-refractivity contribution in [3.8, 4) is 0 Å². The van der Waals surface area contributed by atoms with Crippen LogP contribution < -0.4 is 21.3 Å². The Morgan fingerprint density at radius 1 is 0.787 bits per heavy atom. The highest BCUT2D eigenvalue weighted by Crippen LogP contribution is 2.33. The lowest BCUT2D eigenvalue weighted by Crippen LogP contribution is -2.26. The number of aryl methyl sites for hydroxylation is 4. The number of rotatable bonds is 5. The summed E-state index contributed by atoms with van der Waals surface area (Å²) in [6.45, 7) is 2.77. The maximum absolute atomic E-state index is 12.3. The summed E-state index contributed by atoms with van der Waals surface area (Å²) in [5, 5.41) is 22.7. The van der Waals surface area contributed by atoms with Crippen molar-refractivity contribution in [3.05, 3.63) is 104 Å². The van der Waals surface area contributed by atoms with Crippen LogP contribution >= 0.6 is 23.2 Å². The number of carboxylic acids is 1. The van der Waals surface area contributed by atoms with E-state index in [1.807, 2.05) is 30.3 Å². The first-order valence-corrected chi connectivity index (χ1v) is 17.8. The molecule has 2 aliphatic carbocycles. The van der Waals surface area contributed by atoms with Crippen molar-refractivity contribution < 1.29 is 40.4 Å². The average Bonchev–Trinajstić information content (AvgIpc) is 3.74. The molecule has 0 saturated heterocycles. The Balaban J connectivity index is 0.000000176. The fourth-order valence-corrected chi connectivity index (χ4v) is 7.11. The van der Waals surface area contributed by atoms with Crippen LogP contribution in [0.25, 0.3) is 0 Å². The molecule has 0 unspecified atom stereocenters. The number of aromatic carboxylic acids is 1. The van der Waals surface area contributed by atoms with Crippen LogP contribution in [-0.2, 0) is 32.9 Å². The lowest BCUT2D eigenvalue weighted by Gasteiger charge is -2.13. The number of sulfonamides is 2. The number of halogens is 2. The van der Waals surface area contributed by atoms with E-state index < -0.39 is 37.7 Å². The van der Waals surface area contributed by atoms with E-state index >= 15 is 0 Å². The van der Waals surface area contributed by atoms with Crippen LogP contribution in [0.3, 0.4) is 0 Å². The molecule has 2 atom stereocenters. The molecule has 252 valence electrons. The Hall–Kier alpha value is -3.70. The summed E-state index contributed by atoms with van der Waals surface area (Å²) < 4.78 is 54.3. The van der Waals surface area contributed by atoms with Gasteiger partial charge in [0.1, 0.15) is 21.3 Å². The number of carboxylic acid groups (broad SMARTS) is 1. The number of amides is 1. The quantitative estimate of drug-likeness (QED) is 0.193. The highest BCUT2D eigenvalue weighted by atomic mass is 35.5. The molecule has 4 aromatic rings. The van der Waals surface area contributed by atoms with E-state index in [-0.39, 0.29) is 39.2 Å². The first-order chi connectivity index (χ1) is 21.8. The number of fused-ring (bicyclic) bond motifs is 2. The average molecular weight is 728 g/mol. The lowest BCUT2D eigenvalue weighted by atomic mass is 10.1. The Labute approximate surface area is 281 Å². The van der Waals surface area contributed by atoms with E-state index in [2.05, 4.69) is 9.73 Å². The molecule has 2 aliphatic rings.